The number of hydrogen-bond acceptors (Lipinski definition) is 3. The zero-order valence-corrected chi connectivity index (χ0v) is 15.0. The van der Waals surface area contributed by atoms with E-state index in [2.05, 4.69) is 0 Å². The van der Waals surface area contributed by atoms with Gasteiger partial charge < -0.3 is 10.6 Å². The summed E-state index contributed by atoms with van der Waals surface area (Å²) >= 11 is 1.20. The molecule has 0 bridgehead atoms. The maximum absolute atomic E-state index is 13.2. The molecule has 134 valence electrons. The van der Waals surface area contributed by atoms with Crippen molar-refractivity contribution in [3.05, 3.63) is 65.7 Å². The molecule has 1 heterocycles. The van der Waals surface area contributed by atoms with E-state index in [9.17, 15) is 13.6 Å². The molecule has 0 unspecified atom stereocenters. The Morgan fingerprint density at radius 1 is 1.12 bits per heavy atom. The molecule has 3 rings (SSSR count). The Morgan fingerprint density at radius 3 is 2.52 bits per heavy atom. The molecule has 1 amide bonds. The molecule has 2 atom stereocenters. The van der Waals surface area contributed by atoms with Gasteiger partial charge in [-0.2, -0.15) is 0 Å². The summed E-state index contributed by atoms with van der Waals surface area (Å²) in [4.78, 5) is 14.7. The van der Waals surface area contributed by atoms with Crippen LogP contribution in [0.25, 0.3) is 0 Å². The lowest BCUT2D eigenvalue weighted by molar-refractivity contribution is -0.127. The third-order valence-electron chi connectivity index (χ3n) is 4.20. The molecule has 0 spiro atoms. The minimum atomic E-state index is -0.903. The van der Waals surface area contributed by atoms with Crippen molar-refractivity contribution in [2.24, 2.45) is 5.73 Å². The number of carbonyl (C=O) groups is 1. The molecule has 2 aromatic carbocycles. The molecular weight excluding hydrogens is 366 g/mol. The lowest BCUT2D eigenvalue weighted by atomic mass is 9.95. The second kappa shape index (κ2) is 8.65. The Hall–Kier alpha value is -1.63. The summed E-state index contributed by atoms with van der Waals surface area (Å²) in [6.45, 7) is 1.10. The lowest BCUT2D eigenvalue weighted by Gasteiger charge is -2.16. The first-order valence-corrected chi connectivity index (χ1v) is 8.69. The van der Waals surface area contributed by atoms with Crippen molar-refractivity contribution in [1.29, 1.82) is 0 Å². The standard InChI is InChI=1S/C18H18F2N2OS.ClH/c19-15-7-6-13(8-16(15)20)24-11-18(23)22-9-14(17(21)10-22)12-4-2-1-3-5-12;/h1-8,14,17H,9-11,21H2;1H/t14-,17+;/m0./s1. The summed E-state index contributed by atoms with van der Waals surface area (Å²) in [5, 5.41) is 0. The van der Waals surface area contributed by atoms with Crippen LogP contribution in [-0.4, -0.2) is 35.7 Å². The Morgan fingerprint density at radius 2 is 1.84 bits per heavy atom. The van der Waals surface area contributed by atoms with Crippen LogP contribution in [0, 0.1) is 11.6 Å². The van der Waals surface area contributed by atoms with Gasteiger partial charge in [-0.3, -0.25) is 4.79 Å². The first-order chi connectivity index (χ1) is 11.5. The monoisotopic (exact) mass is 384 g/mol. The highest BCUT2D eigenvalue weighted by Crippen LogP contribution is 2.28. The van der Waals surface area contributed by atoms with Crippen LogP contribution in [0.15, 0.2) is 53.4 Å². The topological polar surface area (TPSA) is 46.3 Å². The van der Waals surface area contributed by atoms with Crippen LogP contribution in [0.5, 0.6) is 0 Å². The van der Waals surface area contributed by atoms with E-state index in [1.54, 1.807) is 4.90 Å². The third-order valence-corrected chi connectivity index (χ3v) is 5.18. The minimum Gasteiger partial charge on any atom is -0.340 e. The molecule has 1 fully saturated rings. The molecule has 1 aliphatic rings. The van der Waals surface area contributed by atoms with Crippen molar-refractivity contribution in [3.8, 4) is 0 Å². The summed E-state index contributed by atoms with van der Waals surface area (Å²) < 4.78 is 26.1. The first-order valence-electron chi connectivity index (χ1n) is 7.71. The second-order valence-corrected chi connectivity index (χ2v) is 6.89. The van der Waals surface area contributed by atoms with E-state index >= 15 is 0 Å². The number of nitrogens with zero attached hydrogens (tertiary/aromatic N) is 1. The highest BCUT2D eigenvalue weighted by Gasteiger charge is 2.33. The molecule has 2 aromatic rings. The number of halogens is 3. The van der Waals surface area contributed by atoms with Gasteiger partial charge in [0.2, 0.25) is 5.91 Å². The van der Waals surface area contributed by atoms with Crippen molar-refractivity contribution in [2.45, 2.75) is 16.9 Å². The Bertz CT molecular complexity index is 732. The zero-order chi connectivity index (χ0) is 17.1. The normalized spacial score (nSPS) is 19.6. The molecule has 1 aliphatic heterocycles. The van der Waals surface area contributed by atoms with Gasteiger partial charge in [0, 0.05) is 29.9 Å². The maximum atomic E-state index is 13.2. The van der Waals surface area contributed by atoms with Gasteiger partial charge in [0.1, 0.15) is 0 Å². The molecule has 7 heteroatoms. The van der Waals surface area contributed by atoms with Gasteiger partial charge in [-0.1, -0.05) is 30.3 Å². The molecule has 2 N–H and O–H groups in total. The number of likely N-dealkylation sites (tertiary alicyclic amines) is 1. The second-order valence-electron chi connectivity index (χ2n) is 5.84. The van der Waals surface area contributed by atoms with E-state index < -0.39 is 11.6 Å². The predicted octanol–water partition coefficient (Wildman–Crippen LogP) is 3.43. The summed E-state index contributed by atoms with van der Waals surface area (Å²) in [7, 11) is 0. The SMILES string of the molecule is Cl.N[C@@H]1CN(C(=O)CSc2ccc(F)c(F)c2)C[C@H]1c1ccccc1. The fourth-order valence-electron chi connectivity index (χ4n) is 2.89. The molecule has 1 saturated heterocycles. The first kappa shape index (κ1) is 19.7. The Balaban J connectivity index is 0.00000225. The zero-order valence-electron chi connectivity index (χ0n) is 13.4. The van der Waals surface area contributed by atoms with E-state index in [4.69, 9.17) is 5.73 Å². The van der Waals surface area contributed by atoms with Crippen molar-refractivity contribution in [2.75, 3.05) is 18.8 Å². The van der Waals surface area contributed by atoms with Gasteiger partial charge in [0.25, 0.3) is 0 Å². The van der Waals surface area contributed by atoms with E-state index in [0.29, 0.717) is 18.0 Å². The van der Waals surface area contributed by atoms with Crippen LogP contribution in [0.1, 0.15) is 11.5 Å². The molecule has 0 aliphatic carbocycles. The molecular formula is C18H19ClF2N2OS. The summed E-state index contributed by atoms with van der Waals surface area (Å²) in [6, 6.07) is 13.5. The smallest absolute Gasteiger partial charge is 0.233 e. The summed E-state index contributed by atoms with van der Waals surface area (Å²) in [6.07, 6.45) is 0. The maximum Gasteiger partial charge on any atom is 0.233 e. The van der Waals surface area contributed by atoms with Crippen molar-refractivity contribution < 1.29 is 13.6 Å². The molecule has 0 saturated carbocycles. The number of carbonyl (C=O) groups excluding carboxylic acids is 1. The van der Waals surface area contributed by atoms with Gasteiger partial charge in [0.15, 0.2) is 11.6 Å². The fourth-order valence-corrected chi connectivity index (χ4v) is 3.71. The van der Waals surface area contributed by atoms with Crippen LogP contribution < -0.4 is 5.73 Å². The molecule has 25 heavy (non-hydrogen) atoms. The lowest BCUT2D eigenvalue weighted by Crippen LogP contribution is -2.33. The number of hydrogen-bond donors (Lipinski definition) is 1. The quantitative estimate of drug-likeness (QED) is 0.821. The number of benzene rings is 2. The van der Waals surface area contributed by atoms with Crippen LogP contribution >= 0.6 is 24.2 Å². The number of amides is 1. The van der Waals surface area contributed by atoms with Gasteiger partial charge in [-0.25, -0.2) is 8.78 Å². The highest BCUT2D eigenvalue weighted by molar-refractivity contribution is 8.00. The van der Waals surface area contributed by atoms with Gasteiger partial charge in [0.05, 0.1) is 5.75 Å². The Labute approximate surface area is 156 Å². The summed E-state index contributed by atoms with van der Waals surface area (Å²) in [5.74, 6) is -1.53. The van der Waals surface area contributed by atoms with E-state index in [1.165, 1.54) is 17.8 Å². The fraction of sp³-hybridized carbons (Fsp3) is 0.278. The van der Waals surface area contributed by atoms with E-state index in [0.717, 1.165) is 17.7 Å². The number of nitrogens with two attached hydrogens (primary N) is 1. The number of rotatable bonds is 4. The predicted molar refractivity (Wildman–Crippen MR) is 98.1 cm³/mol. The molecule has 0 aromatic heterocycles. The van der Waals surface area contributed by atoms with Crippen LogP contribution in [0.2, 0.25) is 0 Å². The number of thioether (sulfide) groups is 1. The highest BCUT2D eigenvalue weighted by atomic mass is 35.5. The third kappa shape index (κ3) is 4.71. The average molecular weight is 385 g/mol. The van der Waals surface area contributed by atoms with Crippen LogP contribution in [0.3, 0.4) is 0 Å². The average Bonchev–Trinajstić information content (AvgIpc) is 2.98. The molecule has 0 radical (unpaired) electrons. The summed E-state index contributed by atoms with van der Waals surface area (Å²) in [5.41, 5.74) is 7.32. The van der Waals surface area contributed by atoms with Crippen LogP contribution in [0.4, 0.5) is 8.78 Å². The van der Waals surface area contributed by atoms with Crippen molar-refractivity contribution >= 4 is 30.1 Å². The van der Waals surface area contributed by atoms with E-state index in [-0.39, 0.29) is 36.0 Å². The van der Waals surface area contributed by atoms with Crippen LogP contribution in [-0.2, 0) is 4.79 Å². The molecule has 3 nitrogen and oxygen atoms in total. The largest absolute Gasteiger partial charge is 0.340 e. The van der Waals surface area contributed by atoms with Crippen molar-refractivity contribution in [3.63, 3.8) is 0 Å². The Kier molecular flexibility index (Phi) is 6.81. The van der Waals surface area contributed by atoms with Gasteiger partial charge >= 0.3 is 0 Å². The van der Waals surface area contributed by atoms with Crippen molar-refractivity contribution in [1.82, 2.24) is 4.90 Å². The van der Waals surface area contributed by atoms with E-state index in [1.807, 2.05) is 30.3 Å². The van der Waals surface area contributed by atoms with Gasteiger partial charge in [-0.05, 0) is 23.8 Å². The minimum absolute atomic E-state index is 0. The van der Waals surface area contributed by atoms with Gasteiger partial charge in [-0.15, -0.1) is 24.2 Å².